The fourth-order valence-electron chi connectivity index (χ4n) is 3.26. The summed E-state index contributed by atoms with van der Waals surface area (Å²) in [6, 6.07) is 6.90. The lowest BCUT2D eigenvalue weighted by molar-refractivity contribution is -0.140. The molecule has 144 valence electrons. The summed E-state index contributed by atoms with van der Waals surface area (Å²) in [5, 5.41) is 0. The maximum absolute atomic E-state index is 12.7. The molecule has 1 aromatic rings. The van der Waals surface area contributed by atoms with Crippen LogP contribution >= 0.6 is 0 Å². The lowest BCUT2D eigenvalue weighted by Crippen LogP contribution is -2.39. The number of ether oxygens (including phenoxy) is 3. The van der Waals surface area contributed by atoms with E-state index in [0.29, 0.717) is 11.3 Å². The van der Waals surface area contributed by atoms with Crippen molar-refractivity contribution >= 4 is 23.5 Å². The van der Waals surface area contributed by atoms with Crippen LogP contribution in [0, 0.1) is 0 Å². The van der Waals surface area contributed by atoms with Gasteiger partial charge in [-0.3, -0.25) is 4.79 Å². The molecule has 1 aromatic carbocycles. The molecule has 27 heavy (non-hydrogen) atoms. The summed E-state index contributed by atoms with van der Waals surface area (Å²) in [6.07, 6.45) is 2.01. The zero-order chi connectivity index (χ0) is 19.4. The normalized spacial score (nSPS) is 17.1. The molecule has 0 aliphatic carbocycles. The predicted molar refractivity (Wildman–Crippen MR) is 95.9 cm³/mol. The van der Waals surface area contributed by atoms with Gasteiger partial charge in [-0.1, -0.05) is 6.07 Å². The molecule has 0 unspecified atom stereocenters. The molecular weight excluding hydrogens is 352 g/mol. The van der Waals surface area contributed by atoms with E-state index in [1.54, 1.807) is 24.3 Å². The van der Waals surface area contributed by atoms with E-state index >= 15 is 0 Å². The van der Waals surface area contributed by atoms with Crippen molar-refractivity contribution in [1.82, 2.24) is 4.90 Å². The largest absolute Gasteiger partial charge is 0.466 e. The monoisotopic (exact) mass is 374 g/mol. The van der Waals surface area contributed by atoms with Gasteiger partial charge < -0.3 is 24.0 Å². The van der Waals surface area contributed by atoms with Crippen molar-refractivity contribution < 1.29 is 28.6 Å². The zero-order valence-corrected chi connectivity index (χ0v) is 15.4. The van der Waals surface area contributed by atoms with E-state index < -0.39 is 11.9 Å². The fourth-order valence-corrected chi connectivity index (χ4v) is 3.26. The van der Waals surface area contributed by atoms with Crippen LogP contribution in [0.3, 0.4) is 0 Å². The summed E-state index contributed by atoms with van der Waals surface area (Å²) < 4.78 is 15.1. The molecular formula is C19H22N2O6. The van der Waals surface area contributed by atoms with Crippen LogP contribution in [0.5, 0.6) is 0 Å². The standard InChI is InChI=1S/C19H22N2O6/c1-25-18(23)15-11-27-12-21(16(15)19(24)26-2)14-7-5-6-13(10-14)17(22)20-8-3-4-9-20/h5-7,10H,3-4,8-9,11-12H2,1-2H3. The number of likely N-dealkylation sites (tertiary alicyclic amines) is 1. The third kappa shape index (κ3) is 3.80. The molecule has 1 amide bonds. The molecule has 2 aliphatic heterocycles. The van der Waals surface area contributed by atoms with Gasteiger partial charge in [0.1, 0.15) is 12.4 Å². The van der Waals surface area contributed by atoms with Crippen LogP contribution in [0.4, 0.5) is 5.69 Å². The second-order valence-electron chi connectivity index (χ2n) is 6.27. The van der Waals surface area contributed by atoms with Crippen molar-refractivity contribution in [1.29, 1.82) is 0 Å². The van der Waals surface area contributed by atoms with Crippen LogP contribution in [0.25, 0.3) is 0 Å². The summed E-state index contributed by atoms with van der Waals surface area (Å²) >= 11 is 0. The summed E-state index contributed by atoms with van der Waals surface area (Å²) in [4.78, 5) is 40.4. The first-order chi connectivity index (χ1) is 13.1. The van der Waals surface area contributed by atoms with Crippen LogP contribution in [0.1, 0.15) is 23.2 Å². The number of nitrogens with zero attached hydrogens (tertiary/aromatic N) is 2. The Balaban J connectivity index is 1.98. The number of carbonyl (C=O) groups excluding carboxylic acids is 3. The Morgan fingerprint density at radius 1 is 1.04 bits per heavy atom. The van der Waals surface area contributed by atoms with Gasteiger partial charge in [0.15, 0.2) is 0 Å². The molecule has 0 bridgehead atoms. The van der Waals surface area contributed by atoms with E-state index in [9.17, 15) is 14.4 Å². The van der Waals surface area contributed by atoms with Crippen molar-refractivity contribution in [3.05, 3.63) is 41.1 Å². The highest BCUT2D eigenvalue weighted by atomic mass is 16.5. The third-order valence-electron chi connectivity index (χ3n) is 4.63. The first-order valence-corrected chi connectivity index (χ1v) is 8.71. The summed E-state index contributed by atoms with van der Waals surface area (Å²) in [6.45, 7) is 1.48. The van der Waals surface area contributed by atoms with E-state index in [1.807, 2.05) is 4.90 Å². The molecule has 2 aliphatic rings. The number of hydrogen-bond acceptors (Lipinski definition) is 7. The molecule has 0 N–H and O–H groups in total. The molecule has 1 saturated heterocycles. The number of carbonyl (C=O) groups is 3. The number of hydrogen-bond donors (Lipinski definition) is 0. The number of rotatable bonds is 4. The second kappa shape index (κ2) is 8.22. The van der Waals surface area contributed by atoms with Gasteiger partial charge in [-0.05, 0) is 31.0 Å². The molecule has 2 heterocycles. The number of benzene rings is 1. The Morgan fingerprint density at radius 3 is 2.41 bits per heavy atom. The van der Waals surface area contributed by atoms with E-state index in [4.69, 9.17) is 14.2 Å². The summed E-state index contributed by atoms with van der Waals surface area (Å²) in [7, 11) is 2.48. The topological polar surface area (TPSA) is 85.4 Å². The van der Waals surface area contributed by atoms with E-state index in [-0.39, 0.29) is 30.5 Å². The van der Waals surface area contributed by atoms with Crippen molar-refractivity contribution in [2.75, 3.05) is 45.5 Å². The van der Waals surface area contributed by atoms with Crippen LogP contribution in [-0.2, 0) is 23.8 Å². The average molecular weight is 374 g/mol. The van der Waals surface area contributed by atoms with Gasteiger partial charge in [0, 0.05) is 24.3 Å². The molecule has 1 fully saturated rings. The van der Waals surface area contributed by atoms with Gasteiger partial charge in [-0.25, -0.2) is 9.59 Å². The zero-order valence-electron chi connectivity index (χ0n) is 15.4. The molecule has 0 radical (unpaired) electrons. The third-order valence-corrected chi connectivity index (χ3v) is 4.63. The molecule has 3 rings (SSSR count). The Morgan fingerprint density at radius 2 is 1.74 bits per heavy atom. The lowest BCUT2D eigenvalue weighted by Gasteiger charge is -2.31. The minimum absolute atomic E-state index is 0.0479. The van der Waals surface area contributed by atoms with Crippen LogP contribution in [0.2, 0.25) is 0 Å². The average Bonchev–Trinajstić information content (AvgIpc) is 3.26. The molecule has 0 saturated carbocycles. The van der Waals surface area contributed by atoms with Gasteiger partial charge in [-0.2, -0.15) is 0 Å². The predicted octanol–water partition coefficient (Wildman–Crippen LogP) is 1.32. The molecule has 0 atom stereocenters. The van der Waals surface area contributed by atoms with Gasteiger partial charge in [-0.15, -0.1) is 0 Å². The molecule has 8 heteroatoms. The van der Waals surface area contributed by atoms with Crippen LogP contribution < -0.4 is 4.90 Å². The first-order valence-electron chi connectivity index (χ1n) is 8.71. The molecule has 0 spiro atoms. The van der Waals surface area contributed by atoms with Gasteiger partial charge >= 0.3 is 11.9 Å². The quantitative estimate of drug-likeness (QED) is 0.735. The Hall–Kier alpha value is -2.87. The summed E-state index contributed by atoms with van der Waals surface area (Å²) in [5.41, 5.74) is 1.21. The maximum Gasteiger partial charge on any atom is 0.355 e. The van der Waals surface area contributed by atoms with E-state index in [1.165, 1.54) is 19.1 Å². The van der Waals surface area contributed by atoms with E-state index in [2.05, 4.69) is 0 Å². The minimum Gasteiger partial charge on any atom is -0.466 e. The fraction of sp³-hybridized carbons (Fsp3) is 0.421. The first kappa shape index (κ1) is 18.9. The van der Waals surface area contributed by atoms with Crippen LogP contribution in [-0.4, -0.2) is 63.4 Å². The number of esters is 2. The van der Waals surface area contributed by atoms with Crippen molar-refractivity contribution in [2.45, 2.75) is 12.8 Å². The molecule has 8 nitrogen and oxygen atoms in total. The van der Waals surface area contributed by atoms with Crippen molar-refractivity contribution in [3.8, 4) is 0 Å². The minimum atomic E-state index is -0.671. The maximum atomic E-state index is 12.7. The SMILES string of the molecule is COC(=O)C1=C(C(=O)OC)N(c2cccc(C(=O)N3CCCC3)c2)COC1. The Kier molecular flexibility index (Phi) is 5.75. The second-order valence-corrected chi connectivity index (χ2v) is 6.27. The van der Waals surface area contributed by atoms with Gasteiger partial charge in [0.2, 0.25) is 0 Å². The Bertz CT molecular complexity index is 782. The highest BCUT2D eigenvalue weighted by Crippen LogP contribution is 2.28. The van der Waals surface area contributed by atoms with Crippen molar-refractivity contribution in [3.63, 3.8) is 0 Å². The van der Waals surface area contributed by atoms with Crippen molar-refractivity contribution in [2.24, 2.45) is 0 Å². The number of methoxy groups -OCH3 is 2. The van der Waals surface area contributed by atoms with E-state index in [0.717, 1.165) is 25.9 Å². The van der Waals surface area contributed by atoms with Gasteiger partial charge in [0.25, 0.3) is 5.91 Å². The lowest BCUT2D eigenvalue weighted by atomic mass is 10.1. The molecule has 0 aromatic heterocycles. The Labute approximate surface area is 157 Å². The van der Waals surface area contributed by atoms with Crippen LogP contribution in [0.15, 0.2) is 35.5 Å². The van der Waals surface area contributed by atoms with Gasteiger partial charge in [0.05, 0.1) is 26.4 Å². The smallest absolute Gasteiger partial charge is 0.355 e. The number of amides is 1. The highest BCUT2D eigenvalue weighted by molar-refractivity contribution is 6.03. The number of anilines is 1. The highest BCUT2D eigenvalue weighted by Gasteiger charge is 2.32. The summed E-state index contributed by atoms with van der Waals surface area (Å²) in [5.74, 6) is -1.39.